The number of halogens is 1. The van der Waals surface area contributed by atoms with E-state index >= 15 is 0 Å². The van der Waals surface area contributed by atoms with Crippen LogP contribution in [-0.4, -0.2) is 47.0 Å². The topological polar surface area (TPSA) is 43.8 Å². The summed E-state index contributed by atoms with van der Waals surface area (Å²) in [7, 11) is 0. The lowest BCUT2D eigenvalue weighted by molar-refractivity contribution is 0.0758. The minimum atomic E-state index is -0.101. The zero-order valence-electron chi connectivity index (χ0n) is 14.4. The number of hydrogen-bond acceptors (Lipinski definition) is 3. The molecule has 0 atom stereocenters. The first-order chi connectivity index (χ1) is 12.0. The first-order valence-corrected chi connectivity index (χ1v) is 9.38. The second kappa shape index (κ2) is 8.02. The van der Waals surface area contributed by atoms with Gasteiger partial charge in [-0.2, -0.15) is 0 Å². The quantitative estimate of drug-likeness (QED) is 0.848. The molecule has 0 bridgehead atoms. The van der Waals surface area contributed by atoms with Gasteiger partial charge in [0, 0.05) is 37.2 Å². The molecule has 25 heavy (non-hydrogen) atoms. The fourth-order valence-corrected chi connectivity index (χ4v) is 3.49. The van der Waals surface area contributed by atoms with Crippen molar-refractivity contribution in [3.8, 4) is 5.75 Å². The van der Waals surface area contributed by atoms with Crippen LogP contribution in [0.5, 0.6) is 5.75 Å². The first kappa shape index (κ1) is 18.0. The van der Waals surface area contributed by atoms with Gasteiger partial charge in [0.05, 0.1) is 5.56 Å². The van der Waals surface area contributed by atoms with Crippen molar-refractivity contribution < 1.29 is 9.90 Å². The molecule has 0 aliphatic carbocycles. The number of phenols is 1. The van der Waals surface area contributed by atoms with Crippen molar-refractivity contribution in [2.24, 2.45) is 0 Å². The zero-order chi connectivity index (χ0) is 17.8. The molecule has 0 aromatic heterocycles. The molecule has 0 unspecified atom stereocenters. The number of hydrogen-bond donors (Lipinski definition) is 1. The maximum atomic E-state index is 12.8. The van der Waals surface area contributed by atoms with Gasteiger partial charge in [-0.05, 0) is 37.1 Å². The number of rotatable bonds is 3. The van der Waals surface area contributed by atoms with Gasteiger partial charge in [0.25, 0.3) is 5.91 Å². The molecule has 132 valence electrons. The number of phenolic OH excluding ortho intramolecular Hbond substituents is 1. The Morgan fingerprint density at radius 1 is 1.08 bits per heavy atom. The van der Waals surface area contributed by atoms with Gasteiger partial charge in [0.2, 0.25) is 0 Å². The molecule has 1 heterocycles. The average molecular weight is 403 g/mol. The van der Waals surface area contributed by atoms with Crippen molar-refractivity contribution in [1.29, 1.82) is 0 Å². The van der Waals surface area contributed by atoms with Gasteiger partial charge in [0.1, 0.15) is 5.75 Å². The summed E-state index contributed by atoms with van der Waals surface area (Å²) >= 11 is 3.37. The average Bonchev–Trinajstić information content (AvgIpc) is 2.84. The van der Waals surface area contributed by atoms with E-state index in [9.17, 15) is 9.90 Å². The van der Waals surface area contributed by atoms with Gasteiger partial charge < -0.3 is 10.0 Å². The Morgan fingerprint density at radius 2 is 1.84 bits per heavy atom. The lowest BCUT2D eigenvalue weighted by atomic mass is 10.1. The lowest BCUT2D eigenvalue weighted by Crippen LogP contribution is -2.35. The van der Waals surface area contributed by atoms with Crippen molar-refractivity contribution in [3.63, 3.8) is 0 Å². The van der Waals surface area contributed by atoms with E-state index in [1.165, 1.54) is 11.1 Å². The Labute approximate surface area is 157 Å². The van der Waals surface area contributed by atoms with E-state index in [2.05, 4.69) is 52.0 Å². The number of nitrogens with zero attached hydrogens (tertiary/aromatic N) is 2. The molecule has 0 saturated carbocycles. The van der Waals surface area contributed by atoms with Crippen molar-refractivity contribution in [2.45, 2.75) is 19.9 Å². The molecule has 1 aliphatic heterocycles. The highest BCUT2D eigenvalue weighted by Crippen LogP contribution is 2.24. The van der Waals surface area contributed by atoms with E-state index in [1.54, 1.807) is 18.2 Å². The molecule has 3 rings (SSSR count). The minimum Gasteiger partial charge on any atom is -0.507 e. The number of carbonyl (C=O) groups excluding carboxylic acids is 1. The van der Waals surface area contributed by atoms with E-state index in [0.717, 1.165) is 37.1 Å². The molecule has 1 aliphatic rings. The molecule has 1 saturated heterocycles. The molecular formula is C20H23BrN2O2. The Balaban J connectivity index is 1.64. The van der Waals surface area contributed by atoms with Crippen LogP contribution in [0.1, 0.15) is 27.9 Å². The summed E-state index contributed by atoms with van der Waals surface area (Å²) in [6.07, 6.45) is 0.937. The maximum absolute atomic E-state index is 12.8. The zero-order valence-corrected chi connectivity index (χ0v) is 16.0. The predicted molar refractivity (Wildman–Crippen MR) is 103 cm³/mol. The van der Waals surface area contributed by atoms with Crippen LogP contribution < -0.4 is 0 Å². The van der Waals surface area contributed by atoms with Gasteiger partial charge in [0.15, 0.2) is 0 Å². The second-order valence-electron chi connectivity index (χ2n) is 6.57. The van der Waals surface area contributed by atoms with Crippen molar-refractivity contribution in [1.82, 2.24) is 9.80 Å². The molecule has 1 amide bonds. The van der Waals surface area contributed by atoms with Gasteiger partial charge in [-0.3, -0.25) is 9.69 Å². The van der Waals surface area contributed by atoms with Gasteiger partial charge in [-0.1, -0.05) is 45.8 Å². The standard InChI is InChI=1S/C20H23BrN2O2/c1-15-3-5-16(6-4-15)14-22-9-2-10-23(12-11-22)20(25)18-13-17(21)7-8-19(18)24/h3-8,13,24H,2,9-12,14H2,1H3. The summed E-state index contributed by atoms with van der Waals surface area (Å²) in [6, 6.07) is 13.6. The van der Waals surface area contributed by atoms with Gasteiger partial charge >= 0.3 is 0 Å². The highest BCUT2D eigenvalue weighted by molar-refractivity contribution is 9.10. The molecule has 0 radical (unpaired) electrons. The third-order valence-corrected chi connectivity index (χ3v) is 5.08. The number of benzene rings is 2. The van der Waals surface area contributed by atoms with Gasteiger partial charge in [-0.15, -0.1) is 0 Å². The molecule has 4 nitrogen and oxygen atoms in total. The van der Waals surface area contributed by atoms with E-state index in [0.29, 0.717) is 12.1 Å². The minimum absolute atomic E-state index is 0.0361. The Morgan fingerprint density at radius 3 is 2.60 bits per heavy atom. The summed E-state index contributed by atoms with van der Waals surface area (Å²) in [5.41, 5.74) is 2.93. The Kier molecular flexibility index (Phi) is 5.76. The third kappa shape index (κ3) is 4.61. The molecule has 5 heteroatoms. The lowest BCUT2D eigenvalue weighted by Gasteiger charge is -2.22. The summed E-state index contributed by atoms with van der Waals surface area (Å²) in [6.45, 7) is 6.21. The normalized spacial score (nSPS) is 15.8. The number of aromatic hydroxyl groups is 1. The predicted octanol–water partition coefficient (Wildman–Crippen LogP) is 3.81. The summed E-state index contributed by atoms with van der Waals surface area (Å²) in [4.78, 5) is 17.0. The van der Waals surface area contributed by atoms with Crippen molar-refractivity contribution >= 4 is 21.8 Å². The fourth-order valence-electron chi connectivity index (χ4n) is 3.13. The SMILES string of the molecule is Cc1ccc(CN2CCCN(C(=O)c3cc(Br)ccc3O)CC2)cc1. The van der Waals surface area contributed by atoms with Crippen LogP contribution in [0.3, 0.4) is 0 Å². The molecule has 2 aromatic carbocycles. The molecular weight excluding hydrogens is 380 g/mol. The molecule has 1 fully saturated rings. The van der Waals surface area contributed by atoms with E-state index in [4.69, 9.17) is 0 Å². The van der Waals surface area contributed by atoms with E-state index in [-0.39, 0.29) is 11.7 Å². The Hall–Kier alpha value is -1.85. The molecule has 2 aromatic rings. The molecule has 0 spiro atoms. The van der Waals surface area contributed by atoms with Crippen molar-refractivity contribution in [2.75, 3.05) is 26.2 Å². The number of amides is 1. The highest BCUT2D eigenvalue weighted by atomic mass is 79.9. The smallest absolute Gasteiger partial charge is 0.257 e. The largest absolute Gasteiger partial charge is 0.507 e. The fraction of sp³-hybridized carbons (Fsp3) is 0.350. The maximum Gasteiger partial charge on any atom is 0.257 e. The second-order valence-corrected chi connectivity index (χ2v) is 7.48. The summed E-state index contributed by atoms with van der Waals surface area (Å²) in [5.74, 6) is -0.0649. The summed E-state index contributed by atoms with van der Waals surface area (Å²) in [5, 5.41) is 10.00. The van der Waals surface area contributed by atoms with Crippen LogP contribution in [0.25, 0.3) is 0 Å². The molecule has 1 N–H and O–H groups in total. The third-order valence-electron chi connectivity index (χ3n) is 4.59. The van der Waals surface area contributed by atoms with Crippen LogP contribution in [0.15, 0.2) is 46.9 Å². The number of carbonyl (C=O) groups is 1. The Bertz CT molecular complexity index is 746. The van der Waals surface area contributed by atoms with E-state index < -0.39 is 0 Å². The van der Waals surface area contributed by atoms with Crippen LogP contribution in [0.4, 0.5) is 0 Å². The van der Waals surface area contributed by atoms with Crippen LogP contribution in [-0.2, 0) is 6.54 Å². The first-order valence-electron chi connectivity index (χ1n) is 8.58. The van der Waals surface area contributed by atoms with Crippen LogP contribution >= 0.6 is 15.9 Å². The van der Waals surface area contributed by atoms with Crippen LogP contribution in [0.2, 0.25) is 0 Å². The summed E-state index contributed by atoms with van der Waals surface area (Å²) < 4.78 is 0.796. The number of aryl methyl sites for hydroxylation is 1. The van der Waals surface area contributed by atoms with Crippen LogP contribution in [0, 0.1) is 6.92 Å². The highest BCUT2D eigenvalue weighted by Gasteiger charge is 2.22. The monoisotopic (exact) mass is 402 g/mol. The van der Waals surface area contributed by atoms with E-state index in [1.807, 2.05) is 4.90 Å². The van der Waals surface area contributed by atoms with Gasteiger partial charge in [-0.25, -0.2) is 0 Å². The van der Waals surface area contributed by atoms with Crippen molar-refractivity contribution in [3.05, 3.63) is 63.6 Å².